The van der Waals surface area contributed by atoms with Gasteiger partial charge < -0.3 is 4.74 Å². The van der Waals surface area contributed by atoms with Gasteiger partial charge in [-0.15, -0.1) is 11.3 Å². The second-order valence-corrected chi connectivity index (χ2v) is 5.81. The van der Waals surface area contributed by atoms with Gasteiger partial charge in [-0.2, -0.15) is 0 Å². The normalized spacial score (nSPS) is 10.6. The van der Waals surface area contributed by atoms with Gasteiger partial charge in [-0.05, 0) is 17.9 Å². The largest absolute Gasteiger partial charge is 0.453 e. The van der Waals surface area contributed by atoms with Crippen LogP contribution in [0.25, 0.3) is 11.3 Å². The molecule has 0 spiro atoms. The van der Waals surface area contributed by atoms with Crippen molar-refractivity contribution in [3.8, 4) is 11.3 Å². The zero-order valence-corrected chi connectivity index (χ0v) is 12.7. The molecule has 2 rings (SSSR count). The number of carbonyl (C=O) groups is 1. The number of benzene rings is 1. The molecule has 1 aromatic carbocycles. The molecule has 1 amide bonds. The molecule has 106 valence electrons. The summed E-state index contributed by atoms with van der Waals surface area (Å²) in [6.45, 7) is 4.41. The highest BCUT2D eigenvalue weighted by molar-refractivity contribution is 7.14. The fourth-order valence-corrected chi connectivity index (χ4v) is 2.59. The van der Waals surface area contributed by atoms with Gasteiger partial charge in [0, 0.05) is 10.9 Å². The van der Waals surface area contributed by atoms with Crippen LogP contribution in [0.5, 0.6) is 0 Å². The van der Waals surface area contributed by atoms with E-state index in [4.69, 9.17) is 0 Å². The Kier molecular flexibility index (Phi) is 4.74. The second-order valence-electron chi connectivity index (χ2n) is 4.95. The average molecular weight is 290 g/mol. The predicted molar refractivity (Wildman–Crippen MR) is 82.1 cm³/mol. The van der Waals surface area contributed by atoms with E-state index in [1.165, 1.54) is 24.0 Å². The first kappa shape index (κ1) is 14.5. The van der Waals surface area contributed by atoms with E-state index in [1.807, 2.05) is 5.38 Å². The molecule has 0 aliphatic rings. The predicted octanol–water partition coefficient (Wildman–Crippen LogP) is 4.19. The van der Waals surface area contributed by atoms with Crippen molar-refractivity contribution in [2.45, 2.75) is 20.3 Å². The van der Waals surface area contributed by atoms with Crippen molar-refractivity contribution in [3.63, 3.8) is 0 Å². The lowest BCUT2D eigenvalue weighted by atomic mass is 10.0. The summed E-state index contributed by atoms with van der Waals surface area (Å²) in [6, 6.07) is 8.38. The Labute approximate surface area is 122 Å². The summed E-state index contributed by atoms with van der Waals surface area (Å²) >= 11 is 1.38. The highest BCUT2D eigenvalue weighted by Crippen LogP contribution is 2.25. The van der Waals surface area contributed by atoms with E-state index in [0.717, 1.165) is 17.7 Å². The van der Waals surface area contributed by atoms with Gasteiger partial charge >= 0.3 is 6.09 Å². The van der Waals surface area contributed by atoms with Crippen LogP contribution in [0.15, 0.2) is 29.6 Å². The van der Waals surface area contributed by atoms with Crippen molar-refractivity contribution in [1.29, 1.82) is 0 Å². The summed E-state index contributed by atoms with van der Waals surface area (Å²) in [5, 5.41) is 5.02. The number of amides is 1. The van der Waals surface area contributed by atoms with Gasteiger partial charge in [-0.25, -0.2) is 9.78 Å². The lowest BCUT2D eigenvalue weighted by Gasteiger charge is -2.05. The number of aromatic nitrogens is 1. The minimum Gasteiger partial charge on any atom is -0.453 e. The Hall–Kier alpha value is -1.88. The first-order valence-electron chi connectivity index (χ1n) is 6.48. The Bertz CT molecular complexity index is 576. The molecule has 5 heteroatoms. The second kappa shape index (κ2) is 6.52. The smallest absolute Gasteiger partial charge is 0.413 e. The molecule has 0 aliphatic carbocycles. The number of methoxy groups -OCH3 is 1. The van der Waals surface area contributed by atoms with Crippen molar-refractivity contribution in [3.05, 3.63) is 35.2 Å². The molecule has 1 N–H and O–H groups in total. The van der Waals surface area contributed by atoms with Crippen LogP contribution in [0.4, 0.5) is 9.93 Å². The monoisotopic (exact) mass is 290 g/mol. The highest BCUT2D eigenvalue weighted by Gasteiger charge is 2.08. The Balaban J connectivity index is 2.10. The molecule has 0 saturated carbocycles. The first-order valence-corrected chi connectivity index (χ1v) is 7.36. The van der Waals surface area contributed by atoms with Crippen LogP contribution in [0.1, 0.15) is 19.4 Å². The average Bonchev–Trinajstić information content (AvgIpc) is 2.87. The number of nitrogens with one attached hydrogen (secondary N) is 1. The van der Waals surface area contributed by atoms with Crippen molar-refractivity contribution in [1.82, 2.24) is 4.98 Å². The van der Waals surface area contributed by atoms with Crippen molar-refractivity contribution in [2.24, 2.45) is 5.92 Å². The SMILES string of the molecule is COC(=O)Nc1nc(-c2ccc(CC(C)C)cc2)cs1. The van der Waals surface area contributed by atoms with Crippen LogP contribution >= 0.6 is 11.3 Å². The quantitative estimate of drug-likeness (QED) is 0.918. The zero-order valence-electron chi connectivity index (χ0n) is 11.8. The van der Waals surface area contributed by atoms with Crippen LogP contribution in [0.3, 0.4) is 0 Å². The van der Waals surface area contributed by atoms with E-state index in [1.54, 1.807) is 0 Å². The Morgan fingerprint density at radius 2 is 2.05 bits per heavy atom. The minimum atomic E-state index is -0.502. The van der Waals surface area contributed by atoms with Crippen LogP contribution < -0.4 is 5.32 Å². The Morgan fingerprint density at radius 3 is 2.65 bits per heavy atom. The van der Waals surface area contributed by atoms with Gasteiger partial charge in [0.15, 0.2) is 5.13 Å². The number of rotatable bonds is 4. The molecule has 0 fully saturated rings. The number of carbonyl (C=O) groups excluding carboxylic acids is 1. The third kappa shape index (κ3) is 3.81. The number of ether oxygens (including phenoxy) is 1. The van der Waals surface area contributed by atoms with E-state index in [2.05, 4.69) is 53.2 Å². The van der Waals surface area contributed by atoms with Gasteiger partial charge in [-0.3, -0.25) is 5.32 Å². The highest BCUT2D eigenvalue weighted by atomic mass is 32.1. The summed E-state index contributed by atoms with van der Waals surface area (Å²) < 4.78 is 4.54. The van der Waals surface area contributed by atoms with E-state index in [0.29, 0.717) is 11.0 Å². The maximum Gasteiger partial charge on any atom is 0.413 e. The molecule has 0 saturated heterocycles. The maximum absolute atomic E-state index is 11.1. The third-order valence-electron chi connectivity index (χ3n) is 2.79. The lowest BCUT2D eigenvalue weighted by Crippen LogP contribution is -2.10. The lowest BCUT2D eigenvalue weighted by molar-refractivity contribution is 0.187. The van der Waals surface area contributed by atoms with Gasteiger partial charge in [0.1, 0.15) is 0 Å². The van der Waals surface area contributed by atoms with Gasteiger partial charge in [0.2, 0.25) is 0 Å². The van der Waals surface area contributed by atoms with Gasteiger partial charge in [0.05, 0.1) is 12.8 Å². The van der Waals surface area contributed by atoms with E-state index in [9.17, 15) is 4.79 Å². The van der Waals surface area contributed by atoms with Crippen LogP contribution in [-0.2, 0) is 11.2 Å². The molecular weight excluding hydrogens is 272 g/mol. The fourth-order valence-electron chi connectivity index (χ4n) is 1.89. The molecule has 20 heavy (non-hydrogen) atoms. The van der Waals surface area contributed by atoms with Crippen LogP contribution in [0, 0.1) is 5.92 Å². The van der Waals surface area contributed by atoms with Gasteiger partial charge in [0.25, 0.3) is 0 Å². The zero-order chi connectivity index (χ0) is 14.5. The molecule has 4 nitrogen and oxygen atoms in total. The molecule has 0 bridgehead atoms. The molecule has 1 heterocycles. The number of nitrogens with zero attached hydrogens (tertiary/aromatic N) is 1. The molecule has 2 aromatic rings. The molecule has 0 atom stereocenters. The standard InChI is InChI=1S/C15H18N2O2S/c1-10(2)8-11-4-6-12(7-5-11)13-9-20-14(16-13)17-15(18)19-3/h4-7,9-10H,8H2,1-3H3,(H,16,17,18). The van der Waals surface area contributed by atoms with Crippen LogP contribution in [0.2, 0.25) is 0 Å². The summed E-state index contributed by atoms with van der Waals surface area (Å²) in [6.07, 6.45) is 0.574. The summed E-state index contributed by atoms with van der Waals surface area (Å²) in [5.41, 5.74) is 3.23. The number of thiazole rings is 1. The van der Waals surface area contributed by atoms with Crippen molar-refractivity contribution in [2.75, 3.05) is 12.4 Å². The number of hydrogen-bond acceptors (Lipinski definition) is 4. The van der Waals surface area contributed by atoms with E-state index < -0.39 is 6.09 Å². The summed E-state index contributed by atoms with van der Waals surface area (Å²) in [4.78, 5) is 15.5. The minimum absolute atomic E-state index is 0.502. The molecule has 0 aliphatic heterocycles. The molecular formula is C15H18N2O2S. The van der Waals surface area contributed by atoms with E-state index in [-0.39, 0.29) is 0 Å². The molecule has 0 unspecified atom stereocenters. The first-order chi connectivity index (χ1) is 9.58. The maximum atomic E-state index is 11.1. The van der Waals surface area contributed by atoms with E-state index >= 15 is 0 Å². The third-order valence-corrected chi connectivity index (χ3v) is 3.55. The Morgan fingerprint density at radius 1 is 1.35 bits per heavy atom. The topological polar surface area (TPSA) is 51.2 Å². The number of hydrogen-bond donors (Lipinski definition) is 1. The number of anilines is 1. The summed E-state index contributed by atoms with van der Waals surface area (Å²) in [5.74, 6) is 0.649. The summed E-state index contributed by atoms with van der Waals surface area (Å²) in [7, 11) is 1.33. The van der Waals surface area contributed by atoms with Gasteiger partial charge in [-0.1, -0.05) is 38.1 Å². The van der Waals surface area contributed by atoms with Crippen molar-refractivity contribution < 1.29 is 9.53 Å². The fraction of sp³-hybridized carbons (Fsp3) is 0.333. The molecule has 1 aromatic heterocycles. The van der Waals surface area contributed by atoms with Crippen molar-refractivity contribution >= 4 is 22.6 Å². The molecule has 0 radical (unpaired) electrons. The van der Waals surface area contributed by atoms with Crippen LogP contribution in [-0.4, -0.2) is 18.2 Å².